The Bertz CT molecular complexity index is 883. The van der Waals surface area contributed by atoms with E-state index in [2.05, 4.69) is 23.3 Å². The van der Waals surface area contributed by atoms with Crippen LogP contribution in [0.4, 0.5) is 0 Å². The molecule has 0 radical (unpaired) electrons. The van der Waals surface area contributed by atoms with Crippen LogP contribution in [0.25, 0.3) is 11.0 Å². The number of hydrogen-bond acceptors (Lipinski definition) is 5. The molecule has 2 aromatic heterocycles. The number of nitrogens with zero attached hydrogens (tertiary/aromatic N) is 1. The van der Waals surface area contributed by atoms with Crippen molar-refractivity contribution >= 4 is 22.3 Å². The normalized spacial score (nSPS) is 12.9. The monoisotopic (exact) mass is 329 g/mol. The van der Waals surface area contributed by atoms with Crippen LogP contribution in [0.15, 0.2) is 44.9 Å². The summed E-state index contributed by atoms with van der Waals surface area (Å²) in [5, 5.41) is 12.8. The summed E-state index contributed by atoms with van der Waals surface area (Å²) in [6.45, 7) is 4.53. The smallest absolute Gasteiger partial charge is 0.336 e. The molecule has 0 aliphatic heterocycles. The largest absolute Gasteiger partial charge is 0.508 e. The molecule has 120 valence electrons. The van der Waals surface area contributed by atoms with E-state index in [1.165, 1.54) is 10.9 Å². The van der Waals surface area contributed by atoms with Gasteiger partial charge in [0.1, 0.15) is 11.3 Å². The van der Waals surface area contributed by atoms with E-state index in [9.17, 15) is 9.90 Å². The Hall–Kier alpha value is -2.11. The minimum absolute atomic E-state index is 0.137. The van der Waals surface area contributed by atoms with E-state index in [0.29, 0.717) is 17.7 Å². The van der Waals surface area contributed by atoms with Crippen LogP contribution < -0.4 is 5.63 Å². The molecule has 1 N–H and O–H groups in total. The number of phenols is 1. The molecule has 0 fully saturated rings. The lowest BCUT2D eigenvalue weighted by molar-refractivity contribution is 0.257. The zero-order chi connectivity index (χ0) is 16.6. The minimum Gasteiger partial charge on any atom is -0.508 e. The van der Waals surface area contributed by atoms with Crippen molar-refractivity contribution < 1.29 is 9.52 Å². The van der Waals surface area contributed by atoms with Gasteiger partial charge in [0, 0.05) is 34.5 Å². The third-order valence-corrected chi connectivity index (χ3v) is 5.30. The zero-order valence-electron chi connectivity index (χ0n) is 13.4. The molecule has 0 saturated heterocycles. The van der Waals surface area contributed by atoms with Crippen molar-refractivity contribution in [3.63, 3.8) is 0 Å². The summed E-state index contributed by atoms with van der Waals surface area (Å²) >= 11 is 1.73. The summed E-state index contributed by atoms with van der Waals surface area (Å²) in [5.41, 5.74) is 1.57. The number of rotatable bonds is 4. The van der Waals surface area contributed by atoms with Gasteiger partial charge in [-0.25, -0.2) is 4.79 Å². The predicted molar refractivity (Wildman–Crippen MR) is 93.1 cm³/mol. The van der Waals surface area contributed by atoms with Gasteiger partial charge in [0.05, 0.1) is 0 Å². The molecule has 1 atom stereocenters. The van der Waals surface area contributed by atoms with Crippen LogP contribution in [0.3, 0.4) is 0 Å². The highest BCUT2D eigenvalue weighted by Crippen LogP contribution is 2.30. The summed E-state index contributed by atoms with van der Waals surface area (Å²) in [7, 11) is 2.04. The predicted octanol–water partition coefficient (Wildman–Crippen LogP) is 4.06. The van der Waals surface area contributed by atoms with E-state index >= 15 is 0 Å². The van der Waals surface area contributed by atoms with Crippen LogP contribution in [0.1, 0.15) is 29.0 Å². The van der Waals surface area contributed by atoms with Crippen molar-refractivity contribution in [2.24, 2.45) is 0 Å². The fourth-order valence-electron chi connectivity index (χ4n) is 2.70. The van der Waals surface area contributed by atoms with Crippen molar-refractivity contribution in [2.75, 3.05) is 7.05 Å². The molecule has 0 aliphatic rings. The van der Waals surface area contributed by atoms with Gasteiger partial charge in [0.25, 0.3) is 0 Å². The molecule has 1 aromatic carbocycles. The van der Waals surface area contributed by atoms with Gasteiger partial charge in [-0.3, -0.25) is 4.90 Å². The molecule has 0 amide bonds. The van der Waals surface area contributed by atoms with E-state index < -0.39 is 5.63 Å². The van der Waals surface area contributed by atoms with Gasteiger partial charge in [-0.2, -0.15) is 0 Å². The van der Waals surface area contributed by atoms with Gasteiger partial charge in [-0.05, 0) is 50.0 Å². The number of fused-ring (bicyclic) bond motifs is 1. The third-order valence-electron chi connectivity index (χ3n) is 4.25. The number of benzene rings is 1. The van der Waals surface area contributed by atoms with Crippen LogP contribution in [0, 0.1) is 6.92 Å². The quantitative estimate of drug-likeness (QED) is 0.733. The molecule has 5 heteroatoms. The zero-order valence-corrected chi connectivity index (χ0v) is 14.2. The van der Waals surface area contributed by atoms with Crippen molar-refractivity contribution in [2.45, 2.75) is 26.4 Å². The molecule has 3 aromatic rings. The van der Waals surface area contributed by atoms with Crippen molar-refractivity contribution in [3.05, 3.63) is 62.1 Å². The maximum Gasteiger partial charge on any atom is 0.336 e. The Morgan fingerprint density at radius 1 is 1.35 bits per heavy atom. The summed E-state index contributed by atoms with van der Waals surface area (Å²) in [4.78, 5) is 15.4. The summed E-state index contributed by atoms with van der Waals surface area (Å²) < 4.78 is 5.30. The molecule has 2 heterocycles. The molecule has 3 rings (SSSR count). The maximum atomic E-state index is 11.9. The Morgan fingerprint density at radius 2 is 2.13 bits per heavy atom. The van der Waals surface area contributed by atoms with E-state index in [1.807, 2.05) is 13.1 Å². The number of phenolic OH excluding ortho intramolecular Hbond substituents is 1. The first kappa shape index (κ1) is 15.8. The molecule has 0 saturated carbocycles. The minimum atomic E-state index is -0.390. The van der Waals surface area contributed by atoms with E-state index in [1.54, 1.807) is 30.4 Å². The van der Waals surface area contributed by atoms with Gasteiger partial charge in [0.15, 0.2) is 0 Å². The molecular formula is C18H19NO3S. The lowest BCUT2D eigenvalue weighted by Gasteiger charge is -2.24. The van der Waals surface area contributed by atoms with E-state index in [-0.39, 0.29) is 11.8 Å². The maximum absolute atomic E-state index is 11.9. The molecular weight excluding hydrogens is 310 g/mol. The molecule has 0 aliphatic carbocycles. The molecule has 0 bridgehead atoms. The van der Waals surface area contributed by atoms with Gasteiger partial charge >= 0.3 is 5.63 Å². The summed E-state index contributed by atoms with van der Waals surface area (Å²) in [5.74, 6) is 0.137. The first-order chi connectivity index (χ1) is 11.0. The average Bonchev–Trinajstić information content (AvgIpc) is 3.04. The number of thiophene rings is 1. The Morgan fingerprint density at radius 3 is 2.83 bits per heavy atom. The number of aromatic hydroxyl groups is 1. The molecule has 23 heavy (non-hydrogen) atoms. The van der Waals surface area contributed by atoms with E-state index in [4.69, 9.17) is 4.42 Å². The van der Waals surface area contributed by atoms with Gasteiger partial charge in [-0.1, -0.05) is 6.07 Å². The highest BCUT2D eigenvalue weighted by Gasteiger charge is 2.16. The van der Waals surface area contributed by atoms with E-state index in [0.717, 1.165) is 10.9 Å². The first-order valence-electron chi connectivity index (χ1n) is 7.46. The lowest BCUT2D eigenvalue weighted by atomic mass is 10.1. The summed E-state index contributed by atoms with van der Waals surface area (Å²) in [6, 6.07) is 9.41. The second-order valence-electron chi connectivity index (χ2n) is 5.78. The molecule has 4 nitrogen and oxygen atoms in total. The van der Waals surface area contributed by atoms with Crippen LogP contribution in [-0.2, 0) is 6.54 Å². The fourth-order valence-corrected chi connectivity index (χ4v) is 3.55. The number of hydrogen-bond donors (Lipinski definition) is 1. The first-order valence-corrected chi connectivity index (χ1v) is 8.34. The highest BCUT2D eigenvalue weighted by atomic mass is 32.1. The van der Waals surface area contributed by atoms with Crippen LogP contribution in [-0.4, -0.2) is 17.1 Å². The van der Waals surface area contributed by atoms with Crippen LogP contribution in [0.5, 0.6) is 5.75 Å². The second kappa shape index (κ2) is 6.18. The SMILES string of the molecule is Cc1c(O)ccc2c(CN(C)[C@@H](C)c3cccs3)cc(=O)oc12. The van der Waals surface area contributed by atoms with Gasteiger partial charge < -0.3 is 9.52 Å². The Kier molecular flexibility index (Phi) is 4.24. The van der Waals surface area contributed by atoms with Crippen molar-refractivity contribution in [3.8, 4) is 5.75 Å². The molecule has 0 unspecified atom stereocenters. The summed E-state index contributed by atoms with van der Waals surface area (Å²) in [6.07, 6.45) is 0. The topological polar surface area (TPSA) is 53.7 Å². The van der Waals surface area contributed by atoms with Crippen LogP contribution in [0.2, 0.25) is 0 Å². The highest BCUT2D eigenvalue weighted by molar-refractivity contribution is 7.10. The van der Waals surface area contributed by atoms with Gasteiger partial charge in [0.2, 0.25) is 0 Å². The van der Waals surface area contributed by atoms with Gasteiger partial charge in [-0.15, -0.1) is 11.3 Å². The Labute approximate surface area is 138 Å². The lowest BCUT2D eigenvalue weighted by Crippen LogP contribution is -2.22. The Balaban J connectivity index is 2.00. The fraction of sp³-hybridized carbons (Fsp3) is 0.278. The standard InChI is InChI=1S/C18H19NO3S/c1-11-15(20)7-6-14-13(9-17(21)22-18(11)14)10-19(3)12(2)16-5-4-8-23-16/h4-9,12,20H,10H2,1-3H3/t12-/m0/s1. The van der Waals surface area contributed by atoms with Crippen molar-refractivity contribution in [1.82, 2.24) is 4.90 Å². The third kappa shape index (κ3) is 3.02. The van der Waals surface area contributed by atoms with Crippen LogP contribution >= 0.6 is 11.3 Å². The second-order valence-corrected chi connectivity index (χ2v) is 6.76. The van der Waals surface area contributed by atoms with Crippen molar-refractivity contribution in [1.29, 1.82) is 0 Å². The molecule has 0 spiro atoms. The average molecular weight is 329 g/mol. The number of aryl methyl sites for hydroxylation is 1.